The van der Waals surface area contributed by atoms with Crippen molar-refractivity contribution in [1.29, 1.82) is 0 Å². The highest BCUT2D eigenvalue weighted by atomic mass is 16.6. The van der Waals surface area contributed by atoms with E-state index in [2.05, 4.69) is 39.5 Å². The zero-order valence-corrected chi connectivity index (χ0v) is 19.6. The van der Waals surface area contributed by atoms with Crippen LogP contribution in [0.2, 0.25) is 0 Å². The first-order valence-electron chi connectivity index (χ1n) is 11.9. The van der Waals surface area contributed by atoms with Crippen molar-refractivity contribution in [3.63, 3.8) is 0 Å². The summed E-state index contributed by atoms with van der Waals surface area (Å²) in [7, 11) is 0. The molecule has 2 saturated carbocycles. The third kappa shape index (κ3) is 3.80. The SMILES string of the molecule is C=C[C@@]1(C)CC=C2[C@@H](CC[C@@H]3[C@](C)(C(=O)OCc4ccc([N+](=O)[O-])cc4)CCC[C@@]23C)C1. The molecule has 32 heavy (non-hydrogen) atoms. The summed E-state index contributed by atoms with van der Waals surface area (Å²) in [5, 5.41) is 10.9. The van der Waals surface area contributed by atoms with E-state index < -0.39 is 10.3 Å². The number of fused-ring (bicyclic) bond motifs is 3. The summed E-state index contributed by atoms with van der Waals surface area (Å²) < 4.78 is 5.81. The Bertz CT molecular complexity index is 951. The van der Waals surface area contributed by atoms with E-state index in [0.717, 1.165) is 50.5 Å². The third-order valence-electron chi connectivity index (χ3n) is 8.81. The van der Waals surface area contributed by atoms with Crippen LogP contribution in [0.15, 0.2) is 48.6 Å². The molecule has 0 unspecified atom stereocenters. The molecule has 0 spiro atoms. The Morgan fingerprint density at radius 3 is 2.59 bits per heavy atom. The predicted octanol–water partition coefficient (Wildman–Crippen LogP) is 6.77. The smallest absolute Gasteiger partial charge is 0.312 e. The summed E-state index contributed by atoms with van der Waals surface area (Å²) in [5.74, 6) is 0.743. The Morgan fingerprint density at radius 1 is 1.22 bits per heavy atom. The highest BCUT2D eigenvalue weighted by molar-refractivity contribution is 5.77. The molecular weight excluding hydrogens is 402 g/mol. The number of carbonyl (C=O) groups is 1. The van der Waals surface area contributed by atoms with E-state index in [-0.39, 0.29) is 35.0 Å². The van der Waals surface area contributed by atoms with E-state index in [4.69, 9.17) is 4.74 Å². The average molecular weight is 438 g/mol. The topological polar surface area (TPSA) is 69.4 Å². The zero-order chi connectivity index (χ0) is 23.1. The Balaban J connectivity index is 1.51. The Morgan fingerprint density at radius 2 is 1.94 bits per heavy atom. The van der Waals surface area contributed by atoms with Gasteiger partial charge in [0.25, 0.3) is 5.69 Å². The average Bonchev–Trinajstić information content (AvgIpc) is 2.77. The van der Waals surface area contributed by atoms with E-state index in [1.165, 1.54) is 12.1 Å². The van der Waals surface area contributed by atoms with Crippen LogP contribution in [0, 0.1) is 38.2 Å². The highest BCUT2D eigenvalue weighted by Gasteiger charge is 2.58. The van der Waals surface area contributed by atoms with Crippen LogP contribution in [0.1, 0.15) is 71.3 Å². The molecule has 0 heterocycles. The molecule has 0 aliphatic heterocycles. The molecule has 2 fully saturated rings. The lowest BCUT2D eigenvalue weighted by molar-refractivity contribution is -0.384. The molecule has 0 amide bonds. The van der Waals surface area contributed by atoms with Gasteiger partial charge in [0.05, 0.1) is 10.3 Å². The fraction of sp³-hybridized carbons (Fsp3) is 0.593. The standard InChI is InChI=1S/C27H35NO4/c1-5-25(2)16-13-22-20(17-25)9-12-23-26(22,3)14-6-15-27(23,4)24(29)32-18-19-7-10-21(11-8-19)28(30)31/h5,7-8,10-11,13,20,23H,1,6,9,12,14-18H2,2-4H3/t20-,23-,25-,26-,27+/m0/s1. The molecule has 1 aromatic rings. The van der Waals surface area contributed by atoms with Crippen LogP contribution >= 0.6 is 0 Å². The van der Waals surface area contributed by atoms with E-state index in [0.29, 0.717) is 5.92 Å². The van der Waals surface area contributed by atoms with Crippen molar-refractivity contribution in [3.05, 3.63) is 64.2 Å². The highest BCUT2D eigenvalue weighted by Crippen LogP contribution is 2.64. The summed E-state index contributed by atoms with van der Waals surface area (Å²) in [5.41, 5.74) is 2.11. The zero-order valence-electron chi connectivity index (χ0n) is 19.6. The van der Waals surface area contributed by atoms with Crippen LogP contribution in [0.5, 0.6) is 0 Å². The molecule has 0 N–H and O–H groups in total. The van der Waals surface area contributed by atoms with Crippen molar-refractivity contribution in [2.24, 2.45) is 28.1 Å². The molecule has 3 aliphatic carbocycles. The molecule has 4 rings (SSSR count). The van der Waals surface area contributed by atoms with Gasteiger partial charge < -0.3 is 4.74 Å². The summed E-state index contributed by atoms with van der Waals surface area (Å²) >= 11 is 0. The van der Waals surface area contributed by atoms with E-state index in [1.54, 1.807) is 17.7 Å². The van der Waals surface area contributed by atoms with Crippen molar-refractivity contribution < 1.29 is 14.5 Å². The molecule has 0 saturated heterocycles. The maximum atomic E-state index is 13.4. The number of rotatable bonds is 5. The molecule has 5 atom stereocenters. The number of nitrogens with zero attached hydrogens (tertiary/aromatic N) is 1. The lowest BCUT2D eigenvalue weighted by Crippen LogP contribution is -2.53. The summed E-state index contributed by atoms with van der Waals surface area (Å²) in [4.78, 5) is 23.8. The summed E-state index contributed by atoms with van der Waals surface area (Å²) in [6.07, 6.45) is 12.0. The Labute approximate surface area is 191 Å². The number of carbonyl (C=O) groups excluding carboxylic acids is 1. The molecule has 5 nitrogen and oxygen atoms in total. The van der Waals surface area contributed by atoms with Gasteiger partial charge in [0.15, 0.2) is 0 Å². The second-order valence-corrected chi connectivity index (χ2v) is 10.9. The fourth-order valence-corrected chi connectivity index (χ4v) is 6.89. The predicted molar refractivity (Wildman–Crippen MR) is 125 cm³/mol. The van der Waals surface area contributed by atoms with E-state index in [1.807, 2.05) is 0 Å². The van der Waals surface area contributed by atoms with Crippen LogP contribution in [0.4, 0.5) is 5.69 Å². The number of ether oxygens (including phenoxy) is 1. The molecule has 0 radical (unpaired) electrons. The van der Waals surface area contributed by atoms with E-state index in [9.17, 15) is 14.9 Å². The molecule has 5 heteroatoms. The summed E-state index contributed by atoms with van der Waals surface area (Å²) in [6, 6.07) is 6.23. The van der Waals surface area contributed by atoms with Gasteiger partial charge in [-0.1, -0.05) is 38.0 Å². The number of nitro benzene ring substituents is 1. The Hall–Kier alpha value is -2.43. The van der Waals surface area contributed by atoms with Gasteiger partial charge in [-0.25, -0.2) is 0 Å². The normalized spacial score (nSPS) is 36.3. The van der Waals surface area contributed by atoms with Gasteiger partial charge in [0.2, 0.25) is 0 Å². The first kappa shape index (κ1) is 22.8. The molecule has 0 aromatic heterocycles. The van der Waals surface area contributed by atoms with Gasteiger partial charge in [-0.15, -0.1) is 6.58 Å². The molecular formula is C27H35NO4. The van der Waals surface area contributed by atoms with Crippen LogP contribution < -0.4 is 0 Å². The number of allylic oxidation sites excluding steroid dienone is 3. The minimum absolute atomic E-state index is 0.0418. The van der Waals surface area contributed by atoms with Crippen LogP contribution in [0.3, 0.4) is 0 Å². The second kappa shape index (κ2) is 8.17. The van der Waals surface area contributed by atoms with Gasteiger partial charge in [-0.05, 0) is 85.8 Å². The molecule has 172 valence electrons. The molecule has 0 bridgehead atoms. The van der Waals surface area contributed by atoms with Gasteiger partial charge in [0.1, 0.15) is 6.61 Å². The van der Waals surface area contributed by atoms with Crippen molar-refractivity contribution in [3.8, 4) is 0 Å². The number of nitro groups is 1. The first-order valence-corrected chi connectivity index (χ1v) is 11.9. The maximum Gasteiger partial charge on any atom is 0.312 e. The maximum absolute atomic E-state index is 13.4. The quantitative estimate of drug-likeness (QED) is 0.220. The lowest BCUT2D eigenvalue weighted by Gasteiger charge is -2.58. The van der Waals surface area contributed by atoms with Crippen molar-refractivity contribution in [2.75, 3.05) is 0 Å². The lowest BCUT2D eigenvalue weighted by atomic mass is 9.46. The van der Waals surface area contributed by atoms with Gasteiger partial charge >= 0.3 is 5.97 Å². The van der Waals surface area contributed by atoms with Gasteiger partial charge in [0, 0.05) is 12.1 Å². The van der Waals surface area contributed by atoms with Crippen molar-refractivity contribution >= 4 is 11.7 Å². The van der Waals surface area contributed by atoms with E-state index >= 15 is 0 Å². The van der Waals surface area contributed by atoms with Crippen LogP contribution in [-0.2, 0) is 16.1 Å². The molecule has 3 aliphatic rings. The Kier molecular flexibility index (Phi) is 5.81. The molecule has 1 aromatic carbocycles. The van der Waals surface area contributed by atoms with Crippen LogP contribution in [0.25, 0.3) is 0 Å². The van der Waals surface area contributed by atoms with Crippen LogP contribution in [-0.4, -0.2) is 10.9 Å². The summed E-state index contributed by atoms with van der Waals surface area (Å²) in [6.45, 7) is 11.0. The van der Waals surface area contributed by atoms with Crippen molar-refractivity contribution in [2.45, 2.75) is 72.3 Å². The number of esters is 1. The minimum atomic E-state index is -0.501. The number of hydrogen-bond donors (Lipinski definition) is 0. The minimum Gasteiger partial charge on any atom is -0.460 e. The number of non-ortho nitro benzene ring substituents is 1. The number of hydrogen-bond acceptors (Lipinski definition) is 4. The van der Waals surface area contributed by atoms with Gasteiger partial charge in [-0.2, -0.15) is 0 Å². The first-order chi connectivity index (χ1) is 15.1. The second-order valence-electron chi connectivity index (χ2n) is 10.9. The van der Waals surface area contributed by atoms with Crippen molar-refractivity contribution in [1.82, 2.24) is 0 Å². The largest absolute Gasteiger partial charge is 0.460 e. The number of benzene rings is 1. The fourth-order valence-electron chi connectivity index (χ4n) is 6.89. The monoisotopic (exact) mass is 437 g/mol. The third-order valence-corrected chi connectivity index (χ3v) is 8.81. The van der Waals surface area contributed by atoms with Gasteiger partial charge in [-0.3, -0.25) is 14.9 Å².